The van der Waals surface area contributed by atoms with E-state index in [0.717, 1.165) is 4.88 Å². The SMILES string of the molecule is CCN(CC(=O)Nc1cccc(OC)c1)C(=O)CCCc1nc(-c2cccs2)no1. The van der Waals surface area contributed by atoms with Crippen molar-refractivity contribution in [1.82, 2.24) is 15.0 Å². The number of hydrogen-bond acceptors (Lipinski definition) is 7. The van der Waals surface area contributed by atoms with Crippen molar-refractivity contribution in [2.75, 3.05) is 25.5 Å². The molecule has 3 rings (SSSR count). The van der Waals surface area contributed by atoms with E-state index in [1.807, 2.05) is 24.4 Å². The molecule has 0 saturated carbocycles. The Hall–Kier alpha value is -3.20. The van der Waals surface area contributed by atoms with E-state index in [0.29, 0.717) is 49.0 Å². The maximum Gasteiger partial charge on any atom is 0.243 e. The van der Waals surface area contributed by atoms with Crippen molar-refractivity contribution >= 4 is 28.8 Å². The molecular weight excluding hydrogens is 404 g/mol. The highest BCUT2D eigenvalue weighted by Gasteiger charge is 2.16. The number of carbonyl (C=O) groups is 2. The van der Waals surface area contributed by atoms with Gasteiger partial charge in [0.05, 0.1) is 18.5 Å². The first kappa shape index (κ1) is 21.5. The molecule has 0 bridgehead atoms. The number of likely N-dealkylation sites (N-methyl/N-ethyl adjacent to an activating group) is 1. The lowest BCUT2D eigenvalue weighted by Crippen LogP contribution is -2.37. The summed E-state index contributed by atoms with van der Waals surface area (Å²) in [5, 5.41) is 8.71. The fourth-order valence-corrected chi connectivity index (χ4v) is 3.51. The fourth-order valence-electron chi connectivity index (χ4n) is 2.86. The van der Waals surface area contributed by atoms with E-state index in [4.69, 9.17) is 9.26 Å². The van der Waals surface area contributed by atoms with Gasteiger partial charge in [0.1, 0.15) is 5.75 Å². The molecule has 2 amide bonds. The van der Waals surface area contributed by atoms with Crippen LogP contribution >= 0.6 is 11.3 Å². The lowest BCUT2D eigenvalue weighted by Gasteiger charge is -2.20. The minimum atomic E-state index is -0.254. The van der Waals surface area contributed by atoms with Crippen LogP contribution in [0.15, 0.2) is 46.3 Å². The highest BCUT2D eigenvalue weighted by molar-refractivity contribution is 7.13. The summed E-state index contributed by atoms with van der Waals surface area (Å²) in [6.07, 6.45) is 1.38. The summed E-state index contributed by atoms with van der Waals surface area (Å²) in [6, 6.07) is 10.9. The first-order chi connectivity index (χ1) is 14.6. The van der Waals surface area contributed by atoms with Crippen molar-refractivity contribution in [2.45, 2.75) is 26.2 Å². The summed E-state index contributed by atoms with van der Waals surface area (Å²) >= 11 is 1.54. The predicted octanol–water partition coefficient (Wildman–Crippen LogP) is 3.62. The van der Waals surface area contributed by atoms with E-state index in [2.05, 4.69) is 15.5 Å². The Bertz CT molecular complexity index is 971. The van der Waals surface area contributed by atoms with Gasteiger partial charge in [-0.05, 0) is 36.9 Å². The Labute approximate surface area is 178 Å². The van der Waals surface area contributed by atoms with Crippen LogP contribution in [0.5, 0.6) is 5.75 Å². The molecule has 2 heterocycles. The van der Waals surface area contributed by atoms with Crippen molar-refractivity contribution in [3.8, 4) is 16.5 Å². The molecule has 8 nitrogen and oxygen atoms in total. The van der Waals surface area contributed by atoms with E-state index in [1.165, 1.54) is 4.90 Å². The van der Waals surface area contributed by atoms with Crippen LogP contribution in [0.2, 0.25) is 0 Å². The fraction of sp³-hybridized carbons (Fsp3) is 0.333. The average molecular weight is 429 g/mol. The van der Waals surface area contributed by atoms with Crippen molar-refractivity contribution in [2.24, 2.45) is 0 Å². The van der Waals surface area contributed by atoms with Crippen LogP contribution in [0.1, 0.15) is 25.7 Å². The number of rotatable bonds is 10. The van der Waals surface area contributed by atoms with Crippen LogP contribution < -0.4 is 10.1 Å². The summed E-state index contributed by atoms with van der Waals surface area (Å²) in [7, 11) is 1.57. The van der Waals surface area contributed by atoms with Crippen LogP contribution in [0.4, 0.5) is 5.69 Å². The normalized spacial score (nSPS) is 10.6. The number of hydrogen-bond donors (Lipinski definition) is 1. The van der Waals surface area contributed by atoms with Crippen molar-refractivity contribution in [3.63, 3.8) is 0 Å². The molecular formula is C21H24N4O4S. The van der Waals surface area contributed by atoms with Crippen LogP contribution in [0.3, 0.4) is 0 Å². The molecule has 0 unspecified atom stereocenters. The number of ether oxygens (including phenoxy) is 1. The Balaban J connectivity index is 1.45. The van der Waals surface area contributed by atoms with Crippen LogP contribution in [0.25, 0.3) is 10.7 Å². The first-order valence-electron chi connectivity index (χ1n) is 9.67. The summed E-state index contributed by atoms with van der Waals surface area (Å²) in [5.74, 6) is 1.38. The molecule has 9 heteroatoms. The van der Waals surface area contributed by atoms with Crippen LogP contribution in [0, 0.1) is 0 Å². The Morgan fingerprint density at radius 3 is 2.87 bits per heavy atom. The zero-order valence-corrected chi connectivity index (χ0v) is 17.8. The summed E-state index contributed by atoms with van der Waals surface area (Å²) in [4.78, 5) is 31.7. The van der Waals surface area contributed by atoms with Crippen molar-refractivity contribution < 1.29 is 18.8 Å². The van der Waals surface area contributed by atoms with Gasteiger partial charge in [0.2, 0.25) is 23.5 Å². The Morgan fingerprint density at radius 2 is 2.13 bits per heavy atom. The molecule has 0 aliphatic rings. The highest BCUT2D eigenvalue weighted by atomic mass is 32.1. The lowest BCUT2D eigenvalue weighted by molar-refractivity contribution is -0.134. The predicted molar refractivity (Wildman–Crippen MR) is 114 cm³/mol. The van der Waals surface area contributed by atoms with E-state index in [1.54, 1.807) is 42.7 Å². The molecule has 1 aromatic carbocycles. The van der Waals surface area contributed by atoms with Crippen molar-refractivity contribution in [3.05, 3.63) is 47.7 Å². The second-order valence-electron chi connectivity index (χ2n) is 6.53. The Kier molecular flexibility index (Phi) is 7.56. The van der Waals surface area contributed by atoms with Gasteiger partial charge in [0, 0.05) is 31.1 Å². The number of carbonyl (C=O) groups excluding carboxylic acids is 2. The number of anilines is 1. The molecule has 158 valence electrons. The number of nitrogens with zero attached hydrogens (tertiary/aromatic N) is 3. The zero-order chi connectivity index (χ0) is 21.3. The van der Waals surface area contributed by atoms with Gasteiger partial charge >= 0.3 is 0 Å². The van der Waals surface area contributed by atoms with Gasteiger partial charge in [-0.25, -0.2) is 0 Å². The number of nitrogens with one attached hydrogen (secondary N) is 1. The number of aryl methyl sites for hydroxylation is 1. The van der Waals surface area contributed by atoms with Gasteiger partial charge in [-0.1, -0.05) is 17.3 Å². The summed E-state index contributed by atoms with van der Waals surface area (Å²) < 4.78 is 10.4. The Morgan fingerprint density at radius 1 is 1.27 bits per heavy atom. The monoisotopic (exact) mass is 428 g/mol. The topological polar surface area (TPSA) is 97.6 Å². The number of benzene rings is 1. The van der Waals surface area contributed by atoms with Crippen LogP contribution in [-0.4, -0.2) is 47.1 Å². The van der Waals surface area contributed by atoms with Gasteiger partial charge < -0.3 is 19.5 Å². The first-order valence-corrected chi connectivity index (χ1v) is 10.5. The quantitative estimate of drug-likeness (QED) is 0.530. The third-order valence-corrected chi connectivity index (χ3v) is 5.28. The van der Waals surface area contributed by atoms with Crippen molar-refractivity contribution in [1.29, 1.82) is 0 Å². The second-order valence-corrected chi connectivity index (χ2v) is 7.48. The summed E-state index contributed by atoms with van der Waals surface area (Å²) in [5.41, 5.74) is 0.626. The molecule has 2 aromatic heterocycles. The zero-order valence-electron chi connectivity index (χ0n) is 17.0. The van der Waals surface area contributed by atoms with Gasteiger partial charge in [0.15, 0.2) is 0 Å². The maximum absolute atomic E-state index is 12.5. The highest BCUT2D eigenvalue weighted by Crippen LogP contribution is 2.21. The second kappa shape index (κ2) is 10.5. The third kappa shape index (κ3) is 5.90. The number of amides is 2. The van der Waals surface area contributed by atoms with E-state index < -0.39 is 0 Å². The number of methoxy groups -OCH3 is 1. The standard InChI is InChI=1S/C21H24N4O4S/c1-3-25(14-18(26)22-15-7-4-8-16(13-15)28-2)20(27)11-5-10-19-23-21(24-29-19)17-9-6-12-30-17/h4,6-9,12-13H,3,5,10-11,14H2,1-2H3,(H,22,26). The number of aromatic nitrogens is 2. The largest absolute Gasteiger partial charge is 0.497 e. The van der Waals surface area contributed by atoms with Gasteiger partial charge in [-0.15, -0.1) is 11.3 Å². The van der Waals surface area contributed by atoms with Gasteiger partial charge in [-0.3, -0.25) is 9.59 Å². The molecule has 0 aliphatic carbocycles. The smallest absolute Gasteiger partial charge is 0.243 e. The molecule has 0 saturated heterocycles. The molecule has 0 atom stereocenters. The number of thiophene rings is 1. The maximum atomic E-state index is 12.5. The molecule has 3 aromatic rings. The molecule has 30 heavy (non-hydrogen) atoms. The molecule has 0 fully saturated rings. The minimum Gasteiger partial charge on any atom is -0.497 e. The van der Waals surface area contributed by atoms with Crippen LogP contribution in [-0.2, 0) is 16.0 Å². The van der Waals surface area contributed by atoms with Gasteiger partial charge in [-0.2, -0.15) is 4.98 Å². The van der Waals surface area contributed by atoms with E-state index in [9.17, 15) is 9.59 Å². The molecule has 0 radical (unpaired) electrons. The summed E-state index contributed by atoms with van der Waals surface area (Å²) in [6.45, 7) is 2.30. The van der Waals surface area contributed by atoms with E-state index in [-0.39, 0.29) is 18.4 Å². The lowest BCUT2D eigenvalue weighted by atomic mass is 10.2. The molecule has 0 spiro atoms. The average Bonchev–Trinajstić information content (AvgIpc) is 3.44. The minimum absolute atomic E-state index is 0.00434. The third-order valence-electron chi connectivity index (χ3n) is 4.41. The molecule has 0 aliphatic heterocycles. The van der Waals surface area contributed by atoms with E-state index >= 15 is 0 Å². The molecule has 1 N–H and O–H groups in total. The van der Waals surface area contributed by atoms with Gasteiger partial charge in [0.25, 0.3) is 0 Å².